The number of hydrogen-bond acceptors (Lipinski definition) is 5. The Balaban J connectivity index is 2.27. The Morgan fingerprint density at radius 2 is 2.35 bits per heavy atom. The molecule has 0 aliphatic carbocycles. The molecule has 2 aromatic heterocycles. The highest BCUT2D eigenvalue weighted by Gasteiger charge is 2.19. The first kappa shape index (κ1) is 15.2. The average molecular weight is 313 g/mol. The predicted octanol–water partition coefficient (Wildman–Crippen LogP) is 2.69. The monoisotopic (exact) mass is 312 g/mol. The maximum Gasteiger partial charge on any atom is 0.174 e. The van der Waals surface area contributed by atoms with Gasteiger partial charge in [0.1, 0.15) is 6.23 Å². The highest BCUT2D eigenvalue weighted by molar-refractivity contribution is 7.98. The fourth-order valence-electron chi connectivity index (χ4n) is 1.84. The SMILES string of the molecule is COC(CSC)N(C)c1cn(-c2cccnc2)nc1Cl. The Kier molecular flexibility index (Phi) is 5.28. The van der Waals surface area contributed by atoms with Crippen LogP contribution in [0.15, 0.2) is 30.7 Å². The summed E-state index contributed by atoms with van der Waals surface area (Å²) in [5.41, 5.74) is 1.70. The second-order valence-corrected chi connectivity index (χ2v) is 5.49. The molecular formula is C13H17ClN4OS. The molecule has 0 aromatic carbocycles. The van der Waals surface area contributed by atoms with E-state index in [-0.39, 0.29) is 6.23 Å². The van der Waals surface area contributed by atoms with Crippen molar-refractivity contribution in [2.75, 3.05) is 31.1 Å². The highest BCUT2D eigenvalue weighted by Crippen LogP contribution is 2.27. The van der Waals surface area contributed by atoms with Crippen molar-refractivity contribution >= 4 is 29.1 Å². The third-order valence-electron chi connectivity index (χ3n) is 2.96. The van der Waals surface area contributed by atoms with Crippen LogP contribution in [0.25, 0.3) is 5.69 Å². The zero-order valence-corrected chi connectivity index (χ0v) is 13.2. The summed E-state index contributed by atoms with van der Waals surface area (Å²) in [7, 11) is 3.64. The first-order chi connectivity index (χ1) is 9.67. The van der Waals surface area contributed by atoms with Crippen molar-refractivity contribution in [3.05, 3.63) is 35.9 Å². The van der Waals surface area contributed by atoms with Gasteiger partial charge in [-0.2, -0.15) is 16.9 Å². The molecule has 108 valence electrons. The predicted molar refractivity (Wildman–Crippen MR) is 84.0 cm³/mol. The van der Waals surface area contributed by atoms with Crippen LogP contribution in [0.3, 0.4) is 0 Å². The molecule has 20 heavy (non-hydrogen) atoms. The number of rotatable bonds is 6. The minimum atomic E-state index is -0.0472. The summed E-state index contributed by atoms with van der Waals surface area (Å²) in [6.45, 7) is 0. The lowest BCUT2D eigenvalue weighted by atomic mass is 10.4. The van der Waals surface area contributed by atoms with Gasteiger partial charge in [0.15, 0.2) is 5.15 Å². The first-order valence-corrected chi connectivity index (χ1v) is 7.84. The van der Waals surface area contributed by atoms with E-state index in [1.165, 1.54) is 0 Å². The lowest BCUT2D eigenvalue weighted by Crippen LogP contribution is -2.35. The van der Waals surface area contributed by atoms with Gasteiger partial charge in [0.2, 0.25) is 0 Å². The van der Waals surface area contributed by atoms with E-state index in [1.54, 1.807) is 35.9 Å². The summed E-state index contributed by atoms with van der Waals surface area (Å²) < 4.78 is 7.19. The lowest BCUT2D eigenvalue weighted by molar-refractivity contribution is 0.123. The van der Waals surface area contributed by atoms with Crippen LogP contribution >= 0.6 is 23.4 Å². The average Bonchev–Trinajstić information content (AvgIpc) is 2.87. The van der Waals surface area contributed by atoms with Crippen molar-refractivity contribution in [2.24, 2.45) is 0 Å². The Hall–Kier alpha value is -1.24. The summed E-state index contributed by atoms with van der Waals surface area (Å²) in [6, 6.07) is 3.79. The number of anilines is 1. The van der Waals surface area contributed by atoms with E-state index >= 15 is 0 Å². The molecule has 5 nitrogen and oxygen atoms in total. The van der Waals surface area contributed by atoms with Crippen LogP contribution < -0.4 is 4.90 Å². The van der Waals surface area contributed by atoms with Gasteiger partial charge in [-0.15, -0.1) is 0 Å². The number of ether oxygens (including phenoxy) is 1. The summed E-state index contributed by atoms with van der Waals surface area (Å²) in [6.07, 6.45) is 7.34. The minimum absolute atomic E-state index is 0.0472. The smallest absolute Gasteiger partial charge is 0.174 e. The van der Waals surface area contributed by atoms with Crippen LogP contribution in [0, 0.1) is 0 Å². The number of thioether (sulfide) groups is 1. The van der Waals surface area contributed by atoms with Gasteiger partial charge in [0.05, 0.1) is 23.8 Å². The summed E-state index contributed by atoms with van der Waals surface area (Å²) in [5, 5.41) is 4.76. The molecule has 0 fully saturated rings. The molecule has 0 saturated heterocycles. The first-order valence-electron chi connectivity index (χ1n) is 6.07. The standard InChI is InChI=1S/C13H17ClN4OS/c1-17(12(19-2)9-20-3)11-8-18(16-13(11)14)10-5-4-6-15-7-10/h4-8,12H,9H2,1-3H3. The molecule has 0 radical (unpaired) electrons. The largest absolute Gasteiger partial charge is 0.361 e. The molecule has 2 rings (SSSR count). The van der Waals surface area contributed by atoms with E-state index in [4.69, 9.17) is 16.3 Å². The Morgan fingerprint density at radius 3 is 2.95 bits per heavy atom. The van der Waals surface area contributed by atoms with Crippen molar-refractivity contribution in [2.45, 2.75) is 6.23 Å². The van der Waals surface area contributed by atoms with Gasteiger partial charge in [-0.05, 0) is 18.4 Å². The number of nitrogens with zero attached hydrogens (tertiary/aromatic N) is 4. The normalized spacial score (nSPS) is 12.4. The third-order valence-corrected chi connectivity index (χ3v) is 3.84. The Bertz CT molecular complexity index is 549. The zero-order chi connectivity index (χ0) is 14.5. The zero-order valence-electron chi connectivity index (χ0n) is 11.7. The van der Waals surface area contributed by atoms with E-state index in [1.807, 2.05) is 36.5 Å². The number of pyridine rings is 1. The Morgan fingerprint density at radius 1 is 1.55 bits per heavy atom. The number of hydrogen-bond donors (Lipinski definition) is 0. The molecular weight excluding hydrogens is 296 g/mol. The molecule has 1 unspecified atom stereocenters. The second-order valence-electron chi connectivity index (χ2n) is 4.22. The van der Waals surface area contributed by atoms with Crippen molar-refractivity contribution < 1.29 is 4.74 Å². The van der Waals surface area contributed by atoms with E-state index in [9.17, 15) is 0 Å². The maximum absolute atomic E-state index is 6.23. The van der Waals surface area contributed by atoms with Gasteiger partial charge in [-0.25, -0.2) is 4.68 Å². The van der Waals surface area contributed by atoms with Gasteiger partial charge in [-0.1, -0.05) is 11.6 Å². The van der Waals surface area contributed by atoms with Crippen LogP contribution in [0.5, 0.6) is 0 Å². The Labute approximate surface area is 127 Å². The lowest BCUT2D eigenvalue weighted by Gasteiger charge is -2.27. The molecule has 0 spiro atoms. The molecule has 0 bridgehead atoms. The topological polar surface area (TPSA) is 43.2 Å². The number of methoxy groups -OCH3 is 1. The van der Waals surface area contributed by atoms with Gasteiger partial charge in [0, 0.05) is 26.1 Å². The molecule has 2 heterocycles. The fraction of sp³-hybridized carbons (Fsp3) is 0.385. The second kappa shape index (κ2) is 6.97. The molecule has 0 aliphatic heterocycles. The van der Waals surface area contributed by atoms with Crippen LogP contribution in [-0.4, -0.2) is 47.2 Å². The molecule has 0 saturated carbocycles. The van der Waals surface area contributed by atoms with Crippen molar-refractivity contribution in [3.63, 3.8) is 0 Å². The van der Waals surface area contributed by atoms with Crippen LogP contribution in [0.4, 0.5) is 5.69 Å². The molecule has 0 aliphatic rings. The van der Waals surface area contributed by atoms with E-state index in [2.05, 4.69) is 10.1 Å². The highest BCUT2D eigenvalue weighted by atomic mass is 35.5. The molecule has 0 amide bonds. The number of halogens is 1. The number of aromatic nitrogens is 3. The van der Waals surface area contributed by atoms with Crippen LogP contribution in [0.1, 0.15) is 0 Å². The summed E-state index contributed by atoms with van der Waals surface area (Å²) in [5.74, 6) is 0.849. The van der Waals surface area contributed by atoms with Gasteiger partial charge >= 0.3 is 0 Å². The van der Waals surface area contributed by atoms with Gasteiger partial charge in [0.25, 0.3) is 0 Å². The summed E-state index contributed by atoms with van der Waals surface area (Å²) in [4.78, 5) is 6.06. The fourth-order valence-corrected chi connectivity index (χ4v) is 2.75. The molecule has 1 atom stereocenters. The van der Waals surface area contributed by atoms with Crippen molar-refractivity contribution in [1.29, 1.82) is 0 Å². The van der Waals surface area contributed by atoms with E-state index in [0.717, 1.165) is 17.1 Å². The third kappa shape index (κ3) is 3.26. The molecule has 2 aromatic rings. The molecule has 7 heteroatoms. The van der Waals surface area contributed by atoms with Gasteiger partial charge < -0.3 is 9.64 Å². The quantitative estimate of drug-likeness (QED) is 0.767. The summed E-state index contributed by atoms with van der Waals surface area (Å²) >= 11 is 7.95. The van der Waals surface area contributed by atoms with Gasteiger partial charge in [-0.3, -0.25) is 4.98 Å². The van der Waals surface area contributed by atoms with Crippen molar-refractivity contribution in [3.8, 4) is 5.69 Å². The van der Waals surface area contributed by atoms with Crippen molar-refractivity contribution in [1.82, 2.24) is 14.8 Å². The van der Waals surface area contributed by atoms with Crippen LogP contribution in [0.2, 0.25) is 5.15 Å². The minimum Gasteiger partial charge on any atom is -0.361 e. The van der Waals surface area contributed by atoms with E-state index < -0.39 is 0 Å². The maximum atomic E-state index is 6.23. The van der Waals surface area contributed by atoms with Crippen LogP contribution in [-0.2, 0) is 4.74 Å². The van der Waals surface area contributed by atoms with E-state index in [0.29, 0.717) is 5.15 Å². The molecule has 0 N–H and O–H groups in total.